The molecular formula is C14H8ClN2O-. The average Bonchev–Trinajstić information content (AvgIpc) is 2.41. The van der Waals surface area contributed by atoms with Crippen molar-refractivity contribution in [3.63, 3.8) is 0 Å². The SMILES string of the molecule is [O-]c1nnc(-c2ccc(Cl)cc2)c2ccccc12. The maximum absolute atomic E-state index is 11.6. The van der Waals surface area contributed by atoms with E-state index in [0.29, 0.717) is 16.1 Å². The largest absolute Gasteiger partial charge is 0.857 e. The van der Waals surface area contributed by atoms with Crippen molar-refractivity contribution in [3.8, 4) is 17.1 Å². The van der Waals surface area contributed by atoms with Gasteiger partial charge in [-0.2, -0.15) is 10.2 Å². The van der Waals surface area contributed by atoms with E-state index in [2.05, 4.69) is 10.2 Å². The molecule has 0 unspecified atom stereocenters. The Balaban J connectivity index is 2.30. The predicted molar refractivity (Wildman–Crippen MR) is 69.4 cm³/mol. The molecule has 0 spiro atoms. The standard InChI is InChI=1S/C14H9ClN2O/c15-10-7-5-9(6-8-10)13-11-3-1-2-4-12(11)14(18)17-16-13/h1-8H,(H,17,18)/p-1. The number of benzene rings is 2. The first-order valence-corrected chi connectivity index (χ1v) is 5.82. The van der Waals surface area contributed by atoms with Crippen molar-refractivity contribution >= 4 is 22.4 Å². The van der Waals surface area contributed by atoms with Crippen molar-refractivity contribution in [2.75, 3.05) is 0 Å². The predicted octanol–water partition coefficient (Wildman–Crippen LogP) is 3.02. The second kappa shape index (κ2) is 4.27. The fourth-order valence-electron chi connectivity index (χ4n) is 1.90. The van der Waals surface area contributed by atoms with E-state index < -0.39 is 0 Å². The van der Waals surface area contributed by atoms with Crippen LogP contribution in [0.1, 0.15) is 0 Å². The molecule has 0 aliphatic rings. The van der Waals surface area contributed by atoms with E-state index in [4.69, 9.17) is 11.6 Å². The minimum atomic E-state index is -0.302. The summed E-state index contributed by atoms with van der Waals surface area (Å²) in [6, 6.07) is 14.6. The molecule has 0 saturated carbocycles. The highest BCUT2D eigenvalue weighted by atomic mass is 35.5. The van der Waals surface area contributed by atoms with Crippen LogP contribution in [-0.4, -0.2) is 10.2 Å². The normalized spacial score (nSPS) is 10.7. The monoisotopic (exact) mass is 255 g/mol. The topological polar surface area (TPSA) is 48.8 Å². The van der Waals surface area contributed by atoms with Gasteiger partial charge in [0, 0.05) is 21.9 Å². The average molecular weight is 256 g/mol. The van der Waals surface area contributed by atoms with Crippen LogP contribution in [0.2, 0.25) is 5.02 Å². The number of rotatable bonds is 1. The van der Waals surface area contributed by atoms with Gasteiger partial charge in [-0.25, -0.2) is 0 Å². The van der Waals surface area contributed by atoms with Gasteiger partial charge in [-0.15, -0.1) is 0 Å². The van der Waals surface area contributed by atoms with Gasteiger partial charge in [-0.1, -0.05) is 48.0 Å². The van der Waals surface area contributed by atoms with Crippen LogP contribution < -0.4 is 5.11 Å². The minimum absolute atomic E-state index is 0.302. The first-order valence-electron chi connectivity index (χ1n) is 5.44. The van der Waals surface area contributed by atoms with Gasteiger partial charge in [0.05, 0.1) is 0 Å². The Morgan fingerprint density at radius 2 is 1.50 bits per heavy atom. The summed E-state index contributed by atoms with van der Waals surface area (Å²) in [5.41, 5.74) is 1.59. The van der Waals surface area contributed by atoms with Crippen LogP contribution in [-0.2, 0) is 0 Å². The molecule has 18 heavy (non-hydrogen) atoms. The summed E-state index contributed by atoms with van der Waals surface area (Å²) in [6.45, 7) is 0. The Labute approximate surface area is 109 Å². The summed E-state index contributed by atoms with van der Waals surface area (Å²) < 4.78 is 0. The quantitative estimate of drug-likeness (QED) is 0.672. The molecule has 3 nitrogen and oxygen atoms in total. The molecule has 88 valence electrons. The highest BCUT2D eigenvalue weighted by molar-refractivity contribution is 6.30. The molecule has 2 aromatic carbocycles. The van der Waals surface area contributed by atoms with Crippen molar-refractivity contribution in [1.82, 2.24) is 10.2 Å². The van der Waals surface area contributed by atoms with Crippen molar-refractivity contribution in [3.05, 3.63) is 53.6 Å². The van der Waals surface area contributed by atoms with Crippen LogP contribution in [0.15, 0.2) is 48.5 Å². The summed E-state index contributed by atoms with van der Waals surface area (Å²) in [4.78, 5) is 0. The van der Waals surface area contributed by atoms with E-state index >= 15 is 0 Å². The summed E-state index contributed by atoms with van der Waals surface area (Å²) >= 11 is 5.86. The van der Waals surface area contributed by atoms with Gasteiger partial charge in [-0.3, -0.25) is 0 Å². The second-order valence-corrected chi connectivity index (χ2v) is 4.34. The van der Waals surface area contributed by atoms with Gasteiger partial charge in [0.1, 0.15) is 5.69 Å². The summed E-state index contributed by atoms with van der Waals surface area (Å²) in [5.74, 6) is -0.302. The van der Waals surface area contributed by atoms with Crippen LogP contribution in [0.25, 0.3) is 22.0 Å². The Bertz CT molecular complexity index is 711. The third kappa shape index (κ3) is 1.79. The maximum atomic E-state index is 11.6. The smallest absolute Gasteiger partial charge is 0.101 e. The zero-order valence-electron chi connectivity index (χ0n) is 9.30. The molecule has 0 radical (unpaired) electrons. The van der Waals surface area contributed by atoms with Crippen LogP contribution in [0.4, 0.5) is 0 Å². The van der Waals surface area contributed by atoms with Gasteiger partial charge in [-0.05, 0) is 17.5 Å². The number of halogens is 1. The number of aromatic nitrogens is 2. The van der Waals surface area contributed by atoms with Crippen LogP contribution >= 0.6 is 11.6 Å². The first kappa shape index (κ1) is 11.0. The molecule has 0 N–H and O–H groups in total. The van der Waals surface area contributed by atoms with E-state index in [1.807, 2.05) is 30.3 Å². The molecule has 0 fully saturated rings. The van der Waals surface area contributed by atoms with Crippen molar-refractivity contribution in [2.24, 2.45) is 0 Å². The number of fused-ring (bicyclic) bond motifs is 1. The lowest BCUT2D eigenvalue weighted by atomic mass is 10.1. The summed E-state index contributed by atoms with van der Waals surface area (Å²) in [6.07, 6.45) is 0. The number of hydrogen-bond donors (Lipinski definition) is 0. The molecule has 0 saturated heterocycles. The number of nitrogens with zero attached hydrogens (tertiary/aromatic N) is 2. The highest BCUT2D eigenvalue weighted by Gasteiger charge is 2.06. The number of hydrogen-bond acceptors (Lipinski definition) is 3. The molecule has 3 rings (SSSR count). The summed E-state index contributed by atoms with van der Waals surface area (Å²) in [7, 11) is 0. The fraction of sp³-hybridized carbons (Fsp3) is 0. The molecule has 0 bridgehead atoms. The Morgan fingerprint density at radius 3 is 2.22 bits per heavy atom. The third-order valence-electron chi connectivity index (χ3n) is 2.77. The van der Waals surface area contributed by atoms with Crippen LogP contribution in [0, 0.1) is 0 Å². The molecule has 4 heteroatoms. The summed E-state index contributed by atoms with van der Waals surface area (Å²) in [5, 5.41) is 21.3. The van der Waals surface area contributed by atoms with E-state index in [-0.39, 0.29) is 5.88 Å². The van der Waals surface area contributed by atoms with Crippen molar-refractivity contribution < 1.29 is 5.11 Å². The lowest BCUT2D eigenvalue weighted by molar-refractivity contribution is -0.273. The first-order chi connectivity index (χ1) is 8.75. The molecule has 0 amide bonds. The van der Waals surface area contributed by atoms with Gasteiger partial charge >= 0.3 is 0 Å². The zero-order valence-corrected chi connectivity index (χ0v) is 10.1. The van der Waals surface area contributed by atoms with Gasteiger partial charge < -0.3 is 5.11 Å². The zero-order chi connectivity index (χ0) is 12.5. The van der Waals surface area contributed by atoms with Gasteiger partial charge in [0.25, 0.3) is 0 Å². The fourth-order valence-corrected chi connectivity index (χ4v) is 2.03. The molecule has 1 aromatic heterocycles. The molecule has 3 aromatic rings. The van der Waals surface area contributed by atoms with Crippen LogP contribution in [0.5, 0.6) is 5.88 Å². The minimum Gasteiger partial charge on any atom is -0.857 e. The molecule has 0 aliphatic heterocycles. The van der Waals surface area contributed by atoms with E-state index in [0.717, 1.165) is 10.9 Å². The Kier molecular flexibility index (Phi) is 2.61. The van der Waals surface area contributed by atoms with Gasteiger partial charge in [0.15, 0.2) is 0 Å². The van der Waals surface area contributed by atoms with E-state index in [9.17, 15) is 5.11 Å². The lowest BCUT2D eigenvalue weighted by Gasteiger charge is -2.11. The molecule has 0 atom stereocenters. The second-order valence-electron chi connectivity index (χ2n) is 3.91. The Morgan fingerprint density at radius 1 is 0.833 bits per heavy atom. The van der Waals surface area contributed by atoms with Crippen molar-refractivity contribution in [2.45, 2.75) is 0 Å². The Hall–Kier alpha value is -2.13. The molecule has 1 heterocycles. The lowest BCUT2D eigenvalue weighted by Crippen LogP contribution is -1.99. The third-order valence-corrected chi connectivity index (χ3v) is 3.02. The van der Waals surface area contributed by atoms with Crippen LogP contribution in [0.3, 0.4) is 0 Å². The molecule has 0 aliphatic carbocycles. The van der Waals surface area contributed by atoms with Crippen molar-refractivity contribution in [1.29, 1.82) is 0 Å². The molecular weight excluding hydrogens is 248 g/mol. The highest BCUT2D eigenvalue weighted by Crippen LogP contribution is 2.29. The maximum Gasteiger partial charge on any atom is 0.101 e. The van der Waals surface area contributed by atoms with Gasteiger partial charge in [0.2, 0.25) is 0 Å². The van der Waals surface area contributed by atoms with E-state index in [1.165, 1.54) is 0 Å². The van der Waals surface area contributed by atoms with E-state index in [1.54, 1.807) is 18.2 Å².